The quantitative estimate of drug-likeness (QED) is 0.0199. The van der Waals surface area contributed by atoms with Crippen LogP contribution in [-0.4, -0.2) is 49.1 Å². The minimum Gasteiger partial charge on any atom is -0.462 e. The van der Waals surface area contributed by atoms with Crippen LogP contribution >= 0.6 is 0 Å². The average Bonchev–Trinajstić information content (AvgIpc) is 4.08. The number of carbonyl (C=O) groups is 3. The van der Waals surface area contributed by atoms with E-state index in [1.54, 1.807) is 0 Å². The molecule has 0 spiro atoms. The molecule has 5 unspecified atom stereocenters. The number of halogens is 4. The number of unbranched alkanes of at least 4 members (excludes halogenated alkanes) is 27. The van der Waals surface area contributed by atoms with E-state index in [1.165, 1.54) is 70.6 Å². The van der Waals surface area contributed by atoms with E-state index in [4.69, 9.17) is 14.2 Å². The van der Waals surface area contributed by atoms with Gasteiger partial charge in [0.1, 0.15) is 13.2 Å². The van der Waals surface area contributed by atoms with Crippen LogP contribution in [0.2, 0.25) is 0 Å². The Labute approximate surface area is 419 Å². The van der Waals surface area contributed by atoms with Crippen LogP contribution in [0, 0.1) is 23.7 Å². The standard InChI is InChI=1S/C59H102F4O6/c1-4-7-10-13-16-17-18-19-20-21-22-23-24-31-38-45-55(64)67-48-50(69-57(66)47-40-33-26-30-37-44-54-52(59(54,62)63)42-35-28-15-12-9-6-3)49-68-56(65)46-39-32-25-29-36-43-53-51(58(53,60)61)41-34-27-14-11-8-5-2/h19-20,28,35,50-54H,4-18,21-27,29-34,36-49H2,1-3H3/b20-19-,35-28-. The lowest BCUT2D eigenvalue weighted by atomic mass is 10.0. The Kier molecular flexibility index (Phi) is 36.5. The summed E-state index contributed by atoms with van der Waals surface area (Å²) in [7, 11) is 0. The van der Waals surface area contributed by atoms with Gasteiger partial charge in [-0.15, -0.1) is 0 Å². The number of ether oxygens (including phenoxy) is 3. The van der Waals surface area contributed by atoms with E-state index < -0.39 is 53.6 Å². The molecule has 0 aromatic carbocycles. The molecule has 69 heavy (non-hydrogen) atoms. The summed E-state index contributed by atoms with van der Waals surface area (Å²) in [5.74, 6) is -8.26. The molecule has 0 radical (unpaired) electrons. The van der Waals surface area contributed by atoms with Gasteiger partial charge in [-0.2, -0.15) is 0 Å². The molecule has 2 fully saturated rings. The SMILES string of the molecule is CCCCC/C=C\CC1C(CCCCCCCC(=O)OC(COC(=O)CCCCCCC/C=C\CCCCCCCC)COC(=O)CCCCCCCC2C(CCCCCCCC)C2(F)F)C1(F)F. The van der Waals surface area contributed by atoms with Crippen molar-refractivity contribution in [1.82, 2.24) is 0 Å². The van der Waals surface area contributed by atoms with Crippen LogP contribution in [0.5, 0.6) is 0 Å². The van der Waals surface area contributed by atoms with Crippen molar-refractivity contribution in [3.63, 3.8) is 0 Å². The minimum absolute atomic E-state index is 0.166. The molecule has 0 N–H and O–H groups in total. The monoisotopic (exact) mass is 983 g/mol. The van der Waals surface area contributed by atoms with Crippen molar-refractivity contribution in [2.75, 3.05) is 13.2 Å². The fraction of sp³-hybridized carbons (Fsp3) is 0.881. The van der Waals surface area contributed by atoms with Crippen LogP contribution in [0.1, 0.15) is 278 Å². The van der Waals surface area contributed by atoms with Crippen molar-refractivity contribution < 1.29 is 46.2 Å². The maximum Gasteiger partial charge on any atom is 0.306 e. The Morgan fingerprint density at radius 2 is 0.696 bits per heavy atom. The third kappa shape index (κ3) is 31.0. The van der Waals surface area contributed by atoms with Crippen molar-refractivity contribution >= 4 is 17.9 Å². The summed E-state index contributed by atoms with van der Waals surface area (Å²) in [4.78, 5) is 38.2. The molecule has 0 heterocycles. The smallest absolute Gasteiger partial charge is 0.306 e. The lowest BCUT2D eigenvalue weighted by Crippen LogP contribution is -2.30. The van der Waals surface area contributed by atoms with Gasteiger partial charge in [0.15, 0.2) is 6.10 Å². The maximum atomic E-state index is 14.3. The van der Waals surface area contributed by atoms with Gasteiger partial charge < -0.3 is 14.2 Å². The fourth-order valence-corrected chi connectivity index (χ4v) is 9.99. The third-order valence-corrected chi connectivity index (χ3v) is 14.7. The van der Waals surface area contributed by atoms with E-state index in [0.29, 0.717) is 38.5 Å². The Balaban J connectivity index is 1.65. The van der Waals surface area contributed by atoms with Crippen LogP contribution in [0.3, 0.4) is 0 Å². The molecular weight excluding hydrogens is 881 g/mol. The van der Waals surface area contributed by atoms with Gasteiger partial charge in [-0.25, -0.2) is 17.6 Å². The van der Waals surface area contributed by atoms with Crippen LogP contribution in [0.25, 0.3) is 0 Å². The molecule has 2 aliphatic rings. The van der Waals surface area contributed by atoms with Crippen molar-refractivity contribution in [2.45, 2.75) is 296 Å². The van der Waals surface area contributed by atoms with Crippen molar-refractivity contribution in [3.8, 4) is 0 Å². The van der Waals surface area contributed by atoms with E-state index >= 15 is 0 Å². The van der Waals surface area contributed by atoms with Crippen molar-refractivity contribution in [3.05, 3.63) is 24.3 Å². The Morgan fingerprint density at radius 1 is 0.391 bits per heavy atom. The first-order chi connectivity index (χ1) is 33.5. The normalized spacial score (nSPS) is 19.6. The zero-order valence-electron chi connectivity index (χ0n) is 44.4. The molecule has 0 amide bonds. The van der Waals surface area contributed by atoms with Gasteiger partial charge in [0.2, 0.25) is 0 Å². The number of rotatable bonds is 49. The summed E-state index contributed by atoms with van der Waals surface area (Å²) in [6.07, 6.45) is 44.5. The van der Waals surface area contributed by atoms with Crippen LogP contribution in [0.15, 0.2) is 24.3 Å². The van der Waals surface area contributed by atoms with Gasteiger partial charge in [0, 0.05) is 42.9 Å². The fourth-order valence-electron chi connectivity index (χ4n) is 9.99. The zero-order valence-corrected chi connectivity index (χ0v) is 44.4. The molecule has 2 saturated carbocycles. The van der Waals surface area contributed by atoms with Gasteiger partial charge in [-0.1, -0.05) is 199 Å². The summed E-state index contributed by atoms with van der Waals surface area (Å²) in [6, 6.07) is 0. The first kappa shape index (κ1) is 62.7. The van der Waals surface area contributed by atoms with E-state index in [-0.39, 0.29) is 38.4 Å². The largest absolute Gasteiger partial charge is 0.462 e. The topological polar surface area (TPSA) is 78.9 Å². The first-order valence-corrected chi connectivity index (χ1v) is 29.0. The summed E-state index contributed by atoms with van der Waals surface area (Å²) >= 11 is 0. The number of allylic oxidation sites excluding steroid dienone is 4. The second-order valence-electron chi connectivity index (χ2n) is 21.0. The molecule has 2 rings (SSSR count). The van der Waals surface area contributed by atoms with Gasteiger partial charge in [0.25, 0.3) is 11.8 Å². The van der Waals surface area contributed by atoms with E-state index in [2.05, 4.69) is 39.0 Å². The van der Waals surface area contributed by atoms with Crippen LogP contribution in [-0.2, 0) is 28.6 Å². The predicted molar refractivity (Wildman–Crippen MR) is 276 cm³/mol. The molecule has 0 aromatic heterocycles. The Hall–Kier alpha value is -2.39. The van der Waals surface area contributed by atoms with E-state index in [0.717, 1.165) is 128 Å². The number of hydrogen-bond donors (Lipinski definition) is 0. The molecule has 5 atom stereocenters. The highest BCUT2D eigenvalue weighted by Gasteiger charge is 2.66. The molecule has 0 aromatic rings. The third-order valence-electron chi connectivity index (χ3n) is 14.7. The van der Waals surface area contributed by atoms with Gasteiger partial charge in [-0.3, -0.25) is 14.4 Å². The highest BCUT2D eigenvalue weighted by Crippen LogP contribution is 2.60. The molecule has 10 heteroatoms. The Bertz CT molecular complexity index is 1350. The molecule has 2 aliphatic carbocycles. The summed E-state index contributed by atoms with van der Waals surface area (Å²) in [6.45, 7) is 6.18. The van der Waals surface area contributed by atoms with Gasteiger partial charge >= 0.3 is 17.9 Å². The van der Waals surface area contributed by atoms with Gasteiger partial charge in [0.05, 0.1) is 0 Å². The second-order valence-corrected chi connectivity index (χ2v) is 21.0. The lowest BCUT2D eigenvalue weighted by molar-refractivity contribution is -0.167. The molecule has 0 bridgehead atoms. The van der Waals surface area contributed by atoms with E-state index in [1.807, 2.05) is 6.08 Å². The zero-order chi connectivity index (χ0) is 50.3. The van der Waals surface area contributed by atoms with E-state index in [9.17, 15) is 31.9 Å². The minimum atomic E-state index is -2.56. The van der Waals surface area contributed by atoms with Gasteiger partial charge in [-0.05, 0) is 83.5 Å². The number of alkyl halides is 4. The first-order valence-electron chi connectivity index (χ1n) is 29.0. The molecule has 0 aliphatic heterocycles. The average molecular weight is 983 g/mol. The number of esters is 3. The van der Waals surface area contributed by atoms with Crippen LogP contribution < -0.4 is 0 Å². The Morgan fingerprint density at radius 3 is 1.13 bits per heavy atom. The van der Waals surface area contributed by atoms with Crippen molar-refractivity contribution in [2.24, 2.45) is 23.7 Å². The molecule has 402 valence electrons. The highest BCUT2D eigenvalue weighted by molar-refractivity contribution is 5.71. The molecule has 0 saturated heterocycles. The molecule has 6 nitrogen and oxygen atoms in total. The summed E-state index contributed by atoms with van der Waals surface area (Å²) in [5.41, 5.74) is 0. The predicted octanol–water partition coefficient (Wildman–Crippen LogP) is 18.5. The lowest BCUT2D eigenvalue weighted by Gasteiger charge is -2.18. The van der Waals surface area contributed by atoms with Crippen molar-refractivity contribution in [1.29, 1.82) is 0 Å². The number of carbonyl (C=O) groups excluding carboxylic acids is 3. The molecular formula is C59H102F4O6. The highest BCUT2D eigenvalue weighted by atomic mass is 19.3. The summed E-state index contributed by atoms with van der Waals surface area (Å²) < 4.78 is 74.0. The second kappa shape index (κ2) is 40.1. The summed E-state index contributed by atoms with van der Waals surface area (Å²) in [5, 5.41) is 0. The van der Waals surface area contributed by atoms with Crippen LogP contribution in [0.4, 0.5) is 17.6 Å². The number of hydrogen-bond acceptors (Lipinski definition) is 6. The maximum absolute atomic E-state index is 14.3.